The summed E-state index contributed by atoms with van der Waals surface area (Å²) in [4.78, 5) is 24.6. The summed E-state index contributed by atoms with van der Waals surface area (Å²) >= 11 is 1.20. The first-order chi connectivity index (χ1) is 8.20. The normalized spacial score (nSPS) is 15.6. The van der Waals surface area contributed by atoms with Gasteiger partial charge in [-0.2, -0.15) is 0 Å². The van der Waals surface area contributed by atoms with Crippen LogP contribution in [0.1, 0.15) is 16.7 Å². The molecule has 1 aliphatic rings. The van der Waals surface area contributed by atoms with Gasteiger partial charge in [-0.15, -0.1) is 10.2 Å². The molecule has 7 nitrogen and oxygen atoms in total. The van der Waals surface area contributed by atoms with Crippen molar-refractivity contribution in [3.8, 4) is 0 Å². The van der Waals surface area contributed by atoms with E-state index in [2.05, 4.69) is 20.8 Å². The van der Waals surface area contributed by atoms with E-state index in [9.17, 15) is 9.59 Å². The molecular weight excluding hydrogens is 242 g/mol. The number of rotatable bonds is 3. The SMILES string of the molecule is CCNc1nnc(C(=O)N2CCNC(=O)C2)s1. The van der Waals surface area contributed by atoms with Gasteiger partial charge in [0.2, 0.25) is 16.0 Å². The zero-order valence-corrected chi connectivity index (χ0v) is 10.2. The highest BCUT2D eigenvalue weighted by atomic mass is 32.1. The van der Waals surface area contributed by atoms with Crippen LogP contribution in [0.25, 0.3) is 0 Å². The number of amides is 2. The van der Waals surface area contributed by atoms with Crippen molar-refractivity contribution >= 4 is 28.3 Å². The van der Waals surface area contributed by atoms with Gasteiger partial charge in [-0.25, -0.2) is 0 Å². The van der Waals surface area contributed by atoms with E-state index in [-0.39, 0.29) is 18.4 Å². The molecule has 0 bridgehead atoms. The topological polar surface area (TPSA) is 87.2 Å². The summed E-state index contributed by atoms with van der Waals surface area (Å²) in [6.07, 6.45) is 0. The van der Waals surface area contributed by atoms with Crippen molar-refractivity contribution in [2.24, 2.45) is 0 Å². The maximum absolute atomic E-state index is 12.0. The molecule has 1 fully saturated rings. The third-order valence-electron chi connectivity index (χ3n) is 2.26. The minimum atomic E-state index is -0.235. The van der Waals surface area contributed by atoms with Gasteiger partial charge in [-0.05, 0) is 6.92 Å². The van der Waals surface area contributed by atoms with Crippen LogP contribution in [0.4, 0.5) is 5.13 Å². The van der Waals surface area contributed by atoms with E-state index >= 15 is 0 Å². The smallest absolute Gasteiger partial charge is 0.285 e. The van der Waals surface area contributed by atoms with Crippen molar-refractivity contribution in [1.29, 1.82) is 0 Å². The van der Waals surface area contributed by atoms with Crippen LogP contribution in [0.15, 0.2) is 0 Å². The Balaban J connectivity index is 2.05. The fourth-order valence-electron chi connectivity index (χ4n) is 1.48. The monoisotopic (exact) mass is 255 g/mol. The van der Waals surface area contributed by atoms with E-state index in [0.717, 1.165) is 6.54 Å². The molecule has 1 aromatic rings. The molecule has 2 heterocycles. The molecule has 0 spiro atoms. The Morgan fingerprint density at radius 1 is 1.59 bits per heavy atom. The van der Waals surface area contributed by atoms with Crippen LogP contribution >= 0.6 is 11.3 Å². The number of nitrogens with zero attached hydrogens (tertiary/aromatic N) is 3. The van der Waals surface area contributed by atoms with Crippen molar-refractivity contribution < 1.29 is 9.59 Å². The fourth-order valence-corrected chi connectivity index (χ4v) is 2.26. The van der Waals surface area contributed by atoms with Gasteiger partial charge in [0.05, 0.1) is 6.54 Å². The van der Waals surface area contributed by atoms with Gasteiger partial charge in [0, 0.05) is 19.6 Å². The summed E-state index contributed by atoms with van der Waals surface area (Å²) in [5, 5.41) is 14.3. The molecule has 0 unspecified atom stereocenters. The Hall–Kier alpha value is -1.70. The van der Waals surface area contributed by atoms with Gasteiger partial charge in [0.15, 0.2) is 0 Å². The van der Waals surface area contributed by atoms with Crippen molar-refractivity contribution in [1.82, 2.24) is 20.4 Å². The summed E-state index contributed by atoms with van der Waals surface area (Å²) < 4.78 is 0. The highest BCUT2D eigenvalue weighted by Crippen LogP contribution is 2.16. The molecule has 1 saturated heterocycles. The lowest BCUT2D eigenvalue weighted by atomic mass is 10.3. The minimum absolute atomic E-state index is 0.0922. The van der Waals surface area contributed by atoms with E-state index in [4.69, 9.17) is 0 Å². The molecule has 0 saturated carbocycles. The van der Waals surface area contributed by atoms with Crippen LogP contribution in [0.3, 0.4) is 0 Å². The van der Waals surface area contributed by atoms with Gasteiger partial charge >= 0.3 is 0 Å². The van der Waals surface area contributed by atoms with Crippen molar-refractivity contribution in [2.75, 3.05) is 31.5 Å². The number of piperazine rings is 1. The maximum atomic E-state index is 12.0. The molecular formula is C9H13N5O2S. The van der Waals surface area contributed by atoms with Crippen LogP contribution in [-0.2, 0) is 4.79 Å². The van der Waals surface area contributed by atoms with Gasteiger partial charge in [-0.1, -0.05) is 11.3 Å². The third kappa shape index (κ3) is 2.70. The first-order valence-electron chi connectivity index (χ1n) is 5.34. The van der Waals surface area contributed by atoms with Crippen LogP contribution in [0.2, 0.25) is 0 Å². The van der Waals surface area contributed by atoms with Gasteiger partial charge in [0.1, 0.15) is 0 Å². The fraction of sp³-hybridized carbons (Fsp3) is 0.556. The van der Waals surface area contributed by atoms with E-state index in [0.29, 0.717) is 23.2 Å². The summed E-state index contributed by atoms with van der Waals surface area (Å²) in [7, 11) is 0. The summed E-state index contributed by atoms with van der Waals surface area (Å²) in [5.74, 6) is -0.373. The molecule has 2 rings (SSSR count). The summed E-state index contributed by atoms with van der Waals surface area (Å²) in [6, 6.07) is 0. The number of hydrogen-bond donors (Lipinski definition) is 2. The highest BCUT2D eigenvalue weighted by molar-refractivity contribution is 7.17. The summed E-state index contributed by atoms with van der Waals surface area (Å²) in [5.41, 5.74) is 0. The molecule has 17 heavy (non-hydrogen) atoms. The molecule has 1 aromatic heterocycles. The lowest BCUT2D eigenvalue weighted by Gasteiger charge is -2.25. The van der Waals surface area contributed by atoms with Crippen molar-refractivity contribution in [3.63, 3.8) is 0 Å². The van der Waals surface area contributed by atoms with E-state index in [1.165, 1.54) is 16.2 Å². The largest absolute Gasteiger partial charge is 0.360 e. The van der Waals surface area contributed by atoms with Crippen LogP contribution < -0.4 is 10.6 Å². The predicted molar refractivity (Wildman–Crippen MR) is 63.0 cm³/mol. The first-order valence-corrected chi connectivity index (χ1v) is 6.15. The Bertz CT molecular complexity index is 433. The zero-order chi connectivity index (χ0) is 12.3. The zero-order valence-electron chi connectivity index (χ0n) is 9.39. The quantitative estimate of drug-likeness (QED) is 0.763. The lowest BCUT2D eigenvalue weighted by Crippen LogP contribution is -2.49. The number of nitrogens with one attached hydrogen (secondary N) is 2. The minimum Gasteiger partial charge on any atom is -0.360 e. The molecule has 92 valence electrons. The van der Waals surface area contributed by atoms with Crippen LogP contribution in [0.5, 0.6) is 0 Å². The van der Waals surface area contributed by atoms with E-state index in [1.54, 1.807) is 0 Å². The number of anilines is 1. The third-order valence-corrected chi connectivity index (χ3v) is 3.13. The average Bonchev–Trinajstić information content (AvgIpc) is 2.77. The van der Waals surface area contributed by atoms with Gasteiger partial charge < -0.3 is 15.5 Å². The second-order valence-corrected chi connectivity index (χ2v) is 4.50. The number of carbonyl (C=O) groups is 2. The lowest BCUT2D eigenvalue weighted by molar-refractivity contribution is -0.123. The number of hydrogen-bond acceptors (Lipinski definition) is 6. The maximum Gasteiger partial charge on any atom is 0.285 e. The van der Waals surface area contributed by atoms with E-state index < -0.39 is 0 Å². The number of aromatic nitrogens is 2. The Kier molecular flexibility index (Phi) is 3.52. The summed E-state index contributed by atoms with van der Waals surface area (Å²) in [6.45, 7) is 3.77. The Morgan fingerprint density at radius 3 is 3.12 bits per heavy atom. The van der Waals surface area contributed by atoms with Crippen molar-refractivity contribution in [3.05, 3.63) is 5.01 Å². The first kappa shape index (κ1) is 11.8. The number of carbonyl (C=O) groups excluding carboxylic acids is 2. The molecule has 1 aliphatic heterocycles. The van der Waals surface area contributed by atoms with Gasteiger partial charge in [0.25, 0.3) is 5.91 Å². The Labute approximate surface area is 102 Å². The average molecular weight is 255 g/mol. The molecule has 0 aromatic carbocycles. The molecule has 2 N–H and O–H groups in total. The van der Waals surface area contributed by atoms with Crippen molar-refractivity contribution in [2.45, 2.75) is 6.92 Å². The van der Waals surface area contributed by atoms with E-state index in [1.807, 2.05) is 6.92 Å². The molecule has 0 radical (unpaired) electrons. The molecule has 8 heteroatoms. The Morgan fingerprint density at radius 2 is 2.41 bits per heavy atom. The molecule has 2 amide bonds. The molecule has 0 atom stereocenters. The van der Waals surface area contributed by atoms with Crippen LogP contribution in [-0.4, -0.2) is 53.1 Å². The standard InChI is InChI=1S/C9H13N5O2S/c1-2-10-9-13-12-7(17-9)8(16)14-4-3-11-6(15)5-14/h2-5H2,1H3,(H,10,13)(H,11,15). The second-order valence-electron chi connectivity index (χ2n) is 3.52. The van der Waals surface area contributed by atoms with Crippen LogP contribution in [0, 0.1) is 0 Å². The van der Waals surface area contributed by atoms with Gasteiger partial charge in [-0.3, -0.25) is 9.59 Å². The highest BCUT2D eigenvalue weighted by Gasteiger charge is 2.24. The predicted octanol–water partition coefficient (Wildman–Crippen LogP) is -0.458. The second kappa shape index (κ2) is 5.09. The molecule has 0 aliphatic carbocycles.